The normalized spacial score (nSPS) is 13.3. The predicted molar refractivity (Wildman–Crippen MR) is 88.3 cm³/mol. The zero-order valence-electron chi connectivity index (χ0n) is 12.6. The molecule has 0 amide bonds. The summed E-state index contributed by atoms with van der Waals surface area (Å²) in [4.78, 5) is 9.12. The maximum atomic E-state index is 6.02. The summed E-state index contributed by atoms with van der Waals surface area (Å²) in [5, 5.41) is 0. The van der Waals surface area contributed by atoms with Gasteiger partial charge in [-0.05, 0) is 37.0 Å². The standard InChI is InChI=1S/C18H18N4/c1-22-11-5-10-15(22)17-14-9-4-7-12-6-2-3-8-13(12)16(14)20-18(19)21-17/h2-3,5-6,8,10-11H,4,7,9H2,1H3,(H2,19,20,21). The van der Waals surface area contributed by atoms with E-state index in [2.05, 4.69) is 44.9 Å². The van der Waals surface area contributed by atoms with Crippen molar-refractivity contribution in [2.75, 3.05) is 5.73 Å². The highest BCUT2D eigenvalue weighted by Crippen LogP contribution is 2.36. The van der Waals surface area contributed by atoms with Gasteiger partial charge in [0.25, 0.3) is 0 Å². The van der Waals surface area contributed by atoms with E-state index in [0.29, 0.717) is 5.95 Å². The second-order valence-electron chi connectivity index (χ2n) is 5.77. The van der Waals surface area contributed by atoms with Crippen LogP contribution in [0.2, 0.25) is 0 Å². The van der Waals surface area contributed by atoms with Gasteiger partial charge < -0.3 is 10.3 Å². The number of fused-ring (bicyclic) bond motifs is 3. The zero-order valence-corrected chi connectivity index (χ0v) is 12.6. The van der Waals surface area contributed by atoms with Crippen LogP contribution < -0.4 is 5.73 Å². The second kappa shape index (κ2) is 4.98. The Kier molecular flexibility index (Phi) is 2.96. The Bertz CT molecular complexity index is 848. The Morgan fingerprint density at radius 3 is 2.64 bits per heavy atom. The Hall–Kier alpha value is -2.62. The minimum absolute atomic E-state index is 0.339. The van der Waals surface area contributed by atoms with E-state index in [1.807, 2.05) is 19.3 Å². The Morgan fingerprint density at radius 2 is 1.82 bits per heavy atom. The number of aryl methyl sites for hydroxylation is 2. The molecule has 1 aromatic carbocycles. The van der Waals surface area contributed by atoms with Gasteiger partial charge in [-0.15, -0.1) is 0 Å². The topological polar surface area (TPSA) is 56.7 Å². The van der Waals surface area contributed by atoms with Crippen LogP contribution in [0.3, 0.4) is 0 Å². The molecule has 2 aromatic heterocycles. The quantitative estimate of drug-likeness (QED) is 0.748. The summed E-state index contributed by atoms with van der Waals surface area (Å²) in [5.74, 6) is 0.339. The van der Waals surface area contributed by atoms with Crippen LogP contribution in [0.25, 0.3) is 22.6 Å². The van der Waals surface area contributed by atoms with Crippen molar-refractivity contribution in [3.8, 4) is 22.6 Å². The van der Waals surface area contributed by atoms with Crippen LogP contribution in [0.15, 0.2) is 42.6 Å². The van der Waals surface area contributed by atoms with Crippen molar-refractivity contribution in [1.82, 2.24) is 14.5 Å². The van der Waals surface area contributed by atoms with Crippen molar-refractivity contribution in [2.45, 2.75) is 19.3 Å². The highest BCUT2D eigenvalue weighted by molar-refractivity contribution is 5.76. The van der Waals surface area contributed by atoms with E-state index in [9.17, 15) is 0 Å². The summed E-state index contributed by atoms with van der Waals surface area (Å²) in [5.41, 5.74) is 12.8. The molecule has 4 rings (SSSR count). The third-order valence-corrected chi connectivity index (χ3v) is 4.36. The average molecular weight is 290 g/mol. The fourth-order valence-corrected chi connectivity index (χ4v) is 3.30. The van der Waals surface area contributed by atoms with E-state index in [4.69, 9.17) is 5.73 Å². The summed E-state index contributed by atoms with van der Waals surface area (Å²) < 4.78 is 2.08. The third-order valence-electron chi connectivity index (χ3n) is 4.36. The van der Waals surface area contributed by atoms with Crippen molar-refractivity contribution < 1.29 is 0 Å². The lowest BCUT2D eigenvalue weighted by atomic mass is 10.00. The lowest BCUT2D eigenvalue weighted by Crippen LogP contribution is -2.06. The molecule has 2 heterocycles. The molecule has 4 nitrogen and oxygen atoms in total. The van der Waals surface area contributed by atoms with E-state index in [1.165, 1.54) is 16.7 Å². The number of nitrogens with two attached hydrogens (primary N) is 1. The molecule has 0 bridgehead atoms. The zero-order chi connectivity index (χ0) is 15.1. The molecule has 2 N–H and O–H groups in total. The molecule has 0 aliphatic heterocycles. The van der Waals surface area contributed by atoms with Crippen molar-refractivity contribution in [2.24, 2.45) is 7.05 Å². The van der Waals surface area contributed by atoms with Gasteiger partial charge in [0.05, 0.1) is 17.1 Å². The van der Waals surface area contributed by atoms with Gasteiger partial charge in [0.15, 0.2) is 0 Å². The molecule has 110 valence electrons. The lowest BCUT2D eigenvalue weighted by molar-refractivity contribution is 0.827. The summed E-state index contributed by atoms with van der Waals surface area (Å²) in [6.07, 6.45) is 5.18. The van der Waals surface area contributed by atoms with E-state index >= 15 is 0 Å². The molecule has 3 aromatic rings. The fourth-order valence-electron chi connectivity index (χ4n) is 3.30. The van der Waals surface area contributed by atoms with Gasteiger partial charge >= 0.3 is 0 Å². The number of rotatable bonds is 1. The number of nitrogens with zero attached hydrogens (tertiary/aromatic N) is 3. The molecular formula is C18H18N4. The van der Waals surface area contributed by atoms with Crippen molar-refractivity contribution in [3.05, 3.63) is 53.7 Å². The molecule has 4 heteroatoms. The molecule has 0 radical (unpaired) electrons. The number of aromatic nitrogens is 3. The fraction of sp³-hybridized carbons (Fsp3) is 0.222. The van der Waals surface area contributed by atoms with E-state index in [0.717, 1.165) is 36.3 Å². The minimum Gasteiger partial charge on any atom is -0.368 e. The first-order chi connectivity index (χ1) is 10.7. The van der Waals surface area contributed by atoms with Gasteiger partial charge in [-0.25, -0.2) is 9.97 Å². The van der Waals surface area contributed by atoms with Gasteiger partial charge in [0.1, 0.15) is 0 Å². The van der Waals surface area contributed by atoms with E-state index < -0.39 is 0 Å². The highest BCUT2D eigenvalue weighted by Gasteiger charge is 2.21. The van der Waals surface area contributed by atoms with E-state index in [-0.39, 0.29) is 0 Å². The van der Waals surface area contributed by atoms with Crippen LogP contribution in [0.5, 0.6) is 0 Å². The maximum absolute atomic E-state index is 6.02. The van der Waals surface area contributed by atoms with Crippen LogP contribution >= 0.6 is 0 Å². The number of anilines is 1. The van der Waals surface area contributed by atoms with Gasteiger partial charge in [0, 0.05) is 24.4 Å². The number of hydrogen-bond acceptors (Lipinski definition) is 3. The van der Waals surface area contributed by atoms with Crippen molar-refractivity contribution >= 4 is 5.95 Å². The number of hydrogen-bond donors (Lipinski definition) is 1. The van der Waals surface area contributed by atoms with Crippen LogP contribution in [0, 0.1) is 0 Å². The van der Waals surface area contributed by atoms with Crippen molar-refractivity contribution in [3.63, 3.8) is 0 Å². The summed E-state index contributed by atoms with van der Waals surface area (Å²) in [6, 6.07) is 12.6. The summed E-state index contributed by atoms with van der Waals surface area (Å²) >= 11 is 0. The average Bonchev–Trinajstić information content (AvgIpc) is 2.85. The number of nitrogen functional groups attached to an aromatic ring is 1. The number of benzene rings is 1. The van der Waals surface area contributed by atoms with Crippen LogP contribution in [0.4, 0.5) is 5.95 Å². The summed E-state index contributed by atoms with van der Waals surface area (Å²) in [7, 11) is 2.03. The molecule has 1 aliphatic carbocycles. The van der Waals surface area contributed by atoms with Gasteiger partial charge in [-0.2, -0.15) is 0 Å². The smallest absolute Gasteiger partial charge is 0.221 e. The van der Waals surface area contributed by atoms with Crippen LogP contribution in [-0.4, -0.2) is 14.5 Å². The molecule has 0 spiro atoms. The third kappa shape index (κ3) is 1.99. The SMILES string of the molecule is Cn1cccc1-c1nc(N)nc2c1CCCc1ccccc1-2. The molecule has 0 unspecified atom stereocenters. The first kappa shape index (κ1) is 13.1. The van der Waals surface area contributed by atoms with Gasteiger partial charge in [-0.1, -0.05) is 24.3 Å². The summed E-state index contributed by atoms with van der Waals surface area (Å²) in [6.45, 7) is 0. The van der Waals surface area contributed by atoms with Gasteiger partial charge in [0.2, 0.25) is 5.95 Å². The first-order valence-electron chi connectivity index (χ1n) is 7.60. The molecule has 0 atom stereocenters. The van der Waals surface area contributed by atoms with Crippen LogP contribution in [0.1, 0.15) is 17.5 Å². The molecule has 1 aliphatic rings. The monoisotopic (exact) mass is 290 g/mol. The molecular weight excluding hydrogens is 272 g/mol. The molecule has 0 saturated carbocycles. The Balaban J connectivity index is 2.03. The van der Waals surface area contributed by atoms with Crippen LogP contribution in [-0.2, 0) is 19.9 Å². The van der Waals surface area contributed by atoms with E-state index in [1.54, 1.807) is 0 Å². The molecule has 0 saturated heterocycles. The lowest BCUT2D eigenvalue weighted by Gasteiger charge is -2.14. The molecule has 22 heavy (non-hydrogen) atoms. The Labute approximate surface area is 129 Å². The minimum atomic E-state index is 0.339. The highest BCUT2D eigenvalue weighted by atomic mass is 15.0. The maximum Gasteiger partial charge on any atom is 0.221 e. The molecule has 0 fully saturated rings. The first-order valence-corrected chi connectivity index (χ1v) is 7.60. The second-order valence-corrected chi connectivity index (χ2v) is 5.77. The largest absolute Gasteiger partial charge is 0.368 e. The van der Waals surface area contributed by atoms with Gasteiger partial charge in [-0.3, -0.25) is 0 Å². The van der Waals surface area contributed by atoms with Crippen molar-refractivity contribution in [1.29, 1.82) is 0 Å². The Morgan fingerprint density at radius 1 is 1.00 bits per heavy atom. The predicted octanol–water partition coefficient (Wildman–Crippen LogP) is 3.22.